The Kier molecular flexibility index (Phi) is 4.37. The SMILES string of the molecule is CC(C)C(C)(CC(=O)NC1CN2CCC1CC2)C(=O)O. The van der Waals surface area contributed by atoms with Crippen LogP contribution in [0.5, 0.6) is 0 Å². The Morgan fingerprint density at radius 2 is 1.95 bits per heavy atom. The summed E-state index contributed by atoms with van der Waals surface area (Å²) < 4.78 is 0. The first-order chi connectivity index (χ1) is 9.33. The van der Waals surface area contributed by atoms with Gasteiger partial charge in [-0.25, -0.2) is 0 Å². The lowest BCUT2D eigenvalue weighted by Gasteiger charge is -2.45. The molecule has 0 aliphatic carbocycles. The summed E-state index contributed by atoms with van der Waals surface area (Å²) in [5.41, 5.74) is -0.988. The molecular weight excluding hydrogens is 256 g/mol. The largest absolute Gasteiger partial charge is 0.481 e. The second kappa shape index (κ2) is 5.72. The number of carbonyl (C=O) groups is 2. The van der Waals surface area contributed by atoms with Crippen molar-refractivity contribution in [3.8, 4) is 0 Å². The summed E-state index contributed by atoms with van der Waals surface area (Å²) >= 11 is 0. The number of rotatable bonds is 5. The van der Waals surface area contributed by atoms with Crippen LogP contribution >= 0.6 is 0 Å². The van der Waals surface area contributed by atoms with Crippen molar-refractivity contribution in [1.82, 2.24) is 10.2 Å². The van der Waals surface area contributed by atoms with Crippen molar-refractivity contribution in [3.63, 3.8) is 0 Å². The van der Waals surface area contributed by atoms with E-state index in [9.17, 15) is 14.7 Å². The standard InChI is InChI=1S/C15H26N2O3/c1-10(2)15(3,14(19)20)8-13(18)16-12-9-17-6-4-11(12)5-7-17/h10-12H,4-9H2,1-3H3,(H,16,18)(H,19,20). The van der Waals surface area contributed by atoms with Gasteiger partial charge in [-0.3, -0.25) is 9.59 Å². The molecule has 3 aliphatic heterocycles. The van der Waals surface area contributed by atoms with E-state index in [0.717, 1.165) is 32.5 Å². The molecule has 2 bridgehead atoms. The first-order valence-electron chi connectivity index (χ1n) is 7.58. The number of amides is 1. The Morgan fingerprint density at radius 3 is 2.35 bits per heavy atom. The summed E-state index contributed by atoms with van der Waals surface area (Å²) in [4.78, 5) is 26.0. The number of nitrogens with one attached hydrogen (secondary N) is 1. The monoisotopic (exact) mass is 282 g/mol. The molecule has 3 aliphatic rings. The van der Waals surface area contributed by atoms with Crippen LogP contribution in [-0.4, -0.2) is 47.6 Å². The van der Waals surface area contributed by atoms with Gasteiger partial charge >= 0.3 is 5.97 Å². The summed E-state index contributed by atoms with van der Waals surface area (Å²) in [5.74, 6) is -0.518. The molecule has 2 N–H and O–H groups in total. The maximum Gasteiger partial charge on any atom is 0.310 e. The second-order valence-corrected chi connectivity index (χ2v) is 6.87. The highest BCUT2D eigenvalue weighted by Crippen LogP contribution is 2.32. The van der Waals surface area contributed by atoms with Gasteiger partial charge in [0.2, 0.25) is 5.91 Å². The molecule has 2 atom stereocenters. The van der Waals surface area contributed by atoms with Crippen LogP contribution in [0.15, 0.2) is 0 Å². The smallest absolute Gasteiger partial charge is 0.310 e. The lowest BCUT2D eigenvalue weighted by molar-refractivity contribution is -0.153. The van der Waals surface area contributed by atoms with Gasteiger partial charge in [-0.15, -0.1) is 0 Å². The quantitative estimate of drug-likeness (QED) is 0.798. The van der Waals surface area contributed by atoms with Crippen LogP contribution in [0.4, 0.5) is 0 Å². The fourth-order valence-electron chi connectivity index (χ4n) is 3.25. The first-order valence-corrected chi connectivity index (χ1v) is 7.58. The molecule has 2 unspecified atom stereocenters. The molecule has 0 radical (unpaired) electrons. The number of fused-ring (bicyclic) bond motifs is 3. The number of carboxylic acids is 1. The van der Waals surface area contributed by atoms with Gasteiger partial charge in [0, 0.05) is 19.0 Å². The van der Waals surface area contributed by atoms with Crippen LogP contribution in [0.2, 0.25) is 0 Å². The normalized spacial score (nSPS) is 31.9. The van der Waals surface area contributed by atoms with Gasteiger partial charge < -0.3 is 15.3 Å². The van der Waals surface area contributed by atoms with Gasteiger partial charge in [0.1, 0.15) is 0 Å². The molecule has 5 heteroatoms. The van der Waals surface area contributed by atoms with E-state index < -0.39 is 11.4 Å². The first kappa shape index (κ1) is 15.3. The molecule has 1 amide bonds. The number of hydrogen-bond acceptors (Lipinski definition) is 3. The van der Waals surface area contributed by atoms with Crippen molar-refractivity contribution in [2.24, 2.45) is 17.3 Å². The minimum Gasteiger partial charge on any atom is -0.481 e. The predicted molar refractivity (Wildman–Crippen MR) is 76.3 cm³/mol. The number of aliphatic carboxylic acids is 1. The van der Waals surface area contributed by atoms with Gasteiger partial charge in [0.05, 0.1) is 5.41 Å². The molecule has 5 nitrogen and oxygen atoms in total. The summed E-state index contributed by atoms with van der Waals surface area (Å²) in [5, 5.41) is 12.4. The van der Waals surface area contributed by atoms with Crippen LogP contribution in [0.3, 0.4) is 0 Å². The van der Waals surface area contributed by atoms with Gasteiger partial charge in [-0.2, -0.15) is 0 Å². The lowest BCUT2D eigenvalue weighted by Crippen LogP contribution is -2.57. The number of carboxylic acid groups (broad SMARTS) is 1. The van der Waals surface area contributed by atoms with Crippen molar-refractivity contribution in [2.45, 2.75) is 46.1 Å². The number of carbonyl (C=O) groups excluding carboxylic acids is 1. The third kappa shape index (κ3) is 2.97. The van der Waals surface area contributed by atoms with Crippen LogP contribution < -0.4 is 5.32 Å². The van der Waals surface area contributed by atoms with Crippen LogP contribution in [0.1, 0.15) is 40.0 Å². The Balaban J connectivity index is 1.93. The summed E-state index contributed by atoms with van der Waals surface area (Å²) in [6.07, 6.45) is 2.35. The van der Waals surface area contributed by atoms with Crippen molar-refractivity contribution < 1.29 is 14.7 Å². The van der Waals surface area contributed by atoms with Crippen molar-refractivity contribution >= 4 is 11.9 Å². The molecule has 3 saturated heterocycles. The third-order valence-electron chi connectivity index (χ3n) is 5.29. The van der Waals surface area contributed by atoms with E-state index in [1.165, 1.54) is 0 Å². The zero-order valence-electron chi connectivity index (χ0n) is 12.7. The van der Waals surface area contributed by atoms with Crippen LogP contribution in [0.25, 0.3) is 0 Å². The molecule has 3 heterocycles. The summed E-state index contributed by atoms with van der Waals surface area (Å²) in [6, 6.07) is 0.204. The lowest BCUT2D eigenvalue weighted by atomic mass is 9.76. The number of hydrogen-bond donors (Lipinski definition) is 2. The Bertz CT molecular complexity index is 389. The topological polar surface area (TPSA) is 69.6 Å². The molecule has 0 saturated carbocycles. The van der Waals surface area contributed by atoms with Gasteiger partial charge in [0.25, 0.3) is 0 Å². The molecule has 0 aromatic rings. The molecule has 0 spiro atoms. The molecular formula is C15H26N2O3. The Morgan fingerprint density at radius 1 is 1.35 bits per heavy atom. The highest BCUT2D eigenvalue weighted by Gasteiger charge is 2.40. The van der Waals surface area contributed by atoms with Crippen molar-refractivity contribution in [2.75, 3.05) is 19.6 Å². The highest BCUT2D eigenvalue weighted by molar-refractivity contribution is 5.85. The van der Waals surface area contributed by atoms with Gasteiger partial charge in [0.15, 0.2) is 0 Å². The average Bonchev–Trinajstić information content (AvgIpc) is 2.39. The minimum absolute atomic E-state index is 0.0587. The molecule has 114 valence electrons. The van der Waals surface area contributed by atoms with E-state index in [1.54, 1.807) is 6.92 Å². The fourth-order valence-corrected chi connectivity index (χ4v) is 3.25. The third-order valence-corrected chi connectivity index (χ3v) is 5.29. The van der Waals surface area contributed by atoms with E-state index in [1.807, 2.05) is 13.8 Å². The number of piperidine rings is 3. The molecule has 0 aromatic heterocycles. The average molecular weight is 282 g/mol. The molecule has 3 fully saturated rings. The van der Waals surface area contributed by atoms with E-state index >= 15 is 0 Å². The Hall–Kier alpha value is -1.10. The van der Waals surface area contributed by atoms with E-state index in [-0.39, 0.29) is 24.3 Å². The summed E-state index contributed by atoms with van der Waals surface area (Å²) in [7, 11) is 0. The predicted octanol–water partition coefficient (Wildman–Crippen LogP) is 1.33. The Labute approximate surface area is 120 Å². The highest BCUT2D eigenvalue weighted by atomic mass is 16.4. The molecule has 20 heavy (non-hydrogen) atoms. The van der Waals surface area contributed by atoms with Crippen molar-refractivity contribution in [3.05, 3.63) is 0 Å². The van der Waals surface area contributed by atoms with Gasteiger partial charge in [-0.05, 0) is 44.7 Å². The maximum absolute atomic E-state index is 12.2. The zero-order chi connectivity index (χ0) is 14.9. The molecule has 0 aromatic carbocycles. The molecule has 3 rings (SSSR count). The van der Waals surface area contributed by atoms with Crippen LogP contribution in [0, 0.1) is 17.3 Å². The van der Waals surface area contributed by atoms with Crippen LogP contribution in [-0.2, 0) is 9.59 Å². The maximum atomic E-state index is 12.2. The zero-order valence-corrected chi connectivity index (χ0v) is 12.7. The fraction of sp³-hybridized carbons (Fsp3) is 0.867. The summed E-state index contributed by atoms with van der Waals surface area (Å²) in [6.45, 7) is 8.56. The van der Waals surface area contributed by atoms with Gasteiger partial charge in [-0.1, -0.05) is 13.8 Å². The van der Waals surface area contributed by atoms with E-state index in [2.05, 4.69) is 10.2 Å². The minimum atomic E-state index is -0.988. The second-order valence-electron chi connectivity index (χ2n) is 6.87. The van der Waals surface area contributed by atoms with E-state index in [4.69, 9.17) is 0 Å². The van der Waals surface area contributed by atoms with Crippen molar-refractivity contribution in [1.29, 1.82) is 0 Å². The number of nitrogens with zero attached hydrogens (tertiary/aromatic N) is 1. The van der Waals surface area contributed by atoms with E-state index in [0.29, 0.717) is 5.92 Å².